The molecule has 0 saturated carbocycles. The lowest BCUT2D eigenvalue weighted by molar-refractivity contribution is -0.136. The summed E-state index contributed by atoms with van der Waals surface area (Å²) < 4.78 is 27.0. The van der Waals surface area contributed by atoms with Gasteiger partial charge in [-0.1, -0.05) is 12.1 Å². The Hall–Kier alpha value is -2.06. The number of nitrogens with one attached hydrogen (secondary N) is 1. The first-order valence-corrected chi connectivity index (χ1v) is 8.01. The first kappa shape index (κ1) is 21.0. The smallest absolute Gasteiger partial charge is 0.254 e. The van der Waals surface area contributed by atoms with Gasteiger partial charge in [0.1, 0.15) is 5.82 Å². The molecule has 25 heavy (non-hydrogen) atoms. The first-order chi connectivity index (χ1) is 11.7. The van der Waals surface area contributed by atoms with Gasteiger partial charge in [0.25, 0.3) is 5.91 Å². The van der Waals surface area contributed by atoms with Crippen molar-refractivity contribution in [3.05, 3.63) is 35.6 Å². The molecular formula is C17H24F2N2O4. The van der Waals surface area contributed by atoms with E-state index in [-0.39, 0.29) is 31.5 Å². The molecule has 6 nitrogen and oxygen atoms in total. The molecule has 140 valence electrons. The minimum Gasteiger partial charge on any atom is -0.393 e. The third-order valence-corrected chi connectivity index (χ3v) is 4.17. The molecule has 8 heteroatoms. The van der Waals surface area contributed by atoms with Gasteiger partial charge < -0.3 is 10.8 Å². The van der Waals surface area contributed by atoms with Crippen molar-refractivity contribution in [3.8, 4) is 0 Å². The van der Waals surface area contributed by atoms with Crippen LogP contribution >= 0.6 is 0 Å². The SMILES string of the molecule is CC(F)(CCC(CC(O)CCc1cccc(F)c1)C(=O)NO)C(N)=O. The number of aliphatic hydroxyl groups is 1. The van der Waals surface area contributed by atoms with Crippen LogP contribution in [0.4, 0.5) is 8.78 Å². The molecule has 0 saturated heterocycles. The Balaban J connectivity index is 2.58. The number of halogens is 2. The summed E-state index contributed by atoms with van der Waals surface area (Å²) in [6.45, 7) is 1.02. The fourth-order valence-corrected chi connectivity index (χ4v) is 2.49. The molecule has 2 amide bonds. The quantitative estimate of drug-likeness (QED) is 0.376. The number of benzene rings is 1. The normalized spacial score (nSPS) is 15.9. The highest BCUT2D eigenvalue weighted by Crippen LogP contribution is 2.24. The maximum atomic E-state index is 13.9. The second-order valence-electron chi connectivity index (χ2n) is 6.33. The van der Waals surface area contributed by atoms with Crippen molar-refractivity contribution in [1.82, 2.24) is 5.48 Å². The van der Waals surface area contributed by atoms with Crippen molar-refractivity contribution >= 4 is 11.8 Å². The Labute approximate surface area is 145 Å². The van der Waals surface area contributed by atoms with E-state index in [9.17, 15) is 23.5 Å². The summed E-state index contributed by atoms with van der Waals surface area (Å²) in [5.74, 6) is -3.17. The second kappa shape index (κ2) is 9.43. The third-order valence-electron chi connectivity index (χ3n) is 4.17. The van der Waals surface area contributed by atoms with E-state index in [1.165, 1.54) is 17.6 Å². The zero-order valence-electron chi connectivity index (χ0n) is 14.0. The molecule has 0 aromatic heterocycles. The average Bonchev–Trinajstić information content (AvgIpc) is 2.56. The standard InChI is InChI=1S/C17H24F2N2O4/c1-17(19,16(20)24)8-7-12(15(23)21-25)10-14(22)6-5-11-3-2-4-13(18)9-11/h2-4,9,12,14,22,25H,5-8,10H2,1H3,(H2,20,24)(H,21,23). The fraction of sp³-hybridized carbons (Fsp3) is 0.529. The minimum atomic E-state index is -2.28. The fourth-order valence-electron chi connectivity index (χ4n) is 2.49. The van der Waals surface area contributed by atoms with Crippen LogP contribution in [0.3, 0.4) is 0 Å². The number of amides is 2. The largest absolute Gasteiger partial charge is 0.393 e. The minimum absolute atomic E-state index is 0.0312. The van der Waals surface area contributed by atoms with Crippen molar-refractivity contribution in [2.75, 3.05) is 0 Å². The molecule has 0 fully saturated rings. The Bertz CT molecular complexity index is 596. The Morgan fingerprint density at radius 1 is 1.36 bits per heavy atom. The predicted octanol–water partition coefficient (Wildman–Crippen LogP) is 1.62. The van der Waals surface area contributed by atoms with Gasteiger partial charge >= 0.3 is 0 Å². The number of primary amides is 1. The van der Waals surface area contributed by atoms with Crippen molar-refractivity contribution < 1.29 is 28.7 Å². The molecule has 0 bridgehead atoms. The van der Waals surface area contributed by atoms with Crippen molar-refractivity contribution in [3.63, 3.8) is 0 Å². The first-order valence-electron chi connectivity index (χ1n) is 8.01. The molecule has 1 rings (SSSR count). The number of nitrogens with two attached hydrogens (primary N) is 1. The van der Waals surface area contributed by atoms with E-state index < -0.39 is 29.5 Å². The van der Waals surface area contributed by atoms with Gasteiger partial charge in [-0.05, 0) is 56.7 Å². The third kappa shape index (κ3) is 7.15. The molecule has 1 aromatic carbocycles. The maximum absolute atomic E-state index is 13.9. The molecule has 0 aliphatic rings. The van der Waals surface area contributed by atoms with E-state index in [4.69, 9.17) is 10.9 Å². The van der Waals surface area contributed by atoms with Gasteiger partial charge in [0, 0.05) is 5.92 Å². The molecule has 0 radical (unpaired) electrons. The summed E-state index contributed by atoms with van der Waals surface area (Å²) in [6, 6.07) is 5.94. The monoisotopic (exact) mass is 358 g/mol. The lowest BCUT2D eigenvalue weighted by Crippen LogP contribution is -2.38. The van der Waals surface area contributed by atoms with Gasteiger partial charge in [-0.2, -0.15) is 0 Å². The zero-order chi connectivity index (χ0) is 19.0. The molecule has 0 aliphatic carbocycles. The highest BCUT2D eigenvalue weighted by atomic mass is 19.1. The van der Waals surface area contributed by atoms with Gasteiger partial charge in [-0.15, -0.1) is 0 Å². The predicted molar refractivity (Wildman–Crippen MR) is 86.7 cm³/mol. The van der Waals surface area contributed by atoms with Crippen molar-refractivity contribution in [2.45, 2.75) is 50.8 Å². The summed E-state index contributed by atoms with van der Waals surface area (Å²) in [7, 11) is 0. The molecule has 0 aliphatic heterocycles. The number of carbonyl (C=O) groups excluding carboxylic acids is 2. The molecule has 5 N–H and O–H groups in total. The van der Waals surface area contributed by atoms with Gasteiger partial charge in [0.2, 0.25) is 5.91 Å². The average molecular weight is 358 g/mol. The van der Waals surface area contributed by atoms with Gasteiger partial charge in [0.15, 0.2) is 5.67 Å². The number of alkyl halides is 1. The summed E-state index contributed by atoms with van der Waals surface area (Å²) in [4.78, 5) is 22.7. The van der Waals surface area contributed by atoms with Gasteiger partial charge in [0.05, 0.1) is 6.10 Å². The summed E-state index contributed by atoms with van der Waals surface area (Å²) in [5.41, 5.74) is 4.85. The lowest BCUT2D eigenvalue weighted by atomic mass is 9.89. The molecular weight excluding hydrogens is 334 g/mol. The van der Waals surface area contributed by atoms with Crippen molar-refractivity contribution in [1.29, 1.82) is 0 Å². The van der Waals surface area contributed by atoms with E-state index in [2.05, 4.69) is 0 Å². The van der Waals surface area contributed by atoms with Crippen LogP contribution in [0.2, 0.25) is 0 Å². The van der Waals surface area contributed by atoms with Crippen LogP contribution in [0.1, 0.15) is 38.2 Å². The number of hydrogen-bond donors (Lipinski definition) is 4. The second-order valence-corrected chi connectivity index (χ2v) is 6.33. The van der Waals surface area contributed by atoms with Crippen LogP contribution in [0.5, 0.6) is 0 Å². The molecule has 1 aromatic rings. The van der Waals surface area contributed by atoms with Crippen molar-refractivity contribution in [2.24, 2.45) is 11.7 Å². The Morgan fingerprint density at radius 3 is 2.60 bits per heavy atom. The van der Waals surface area contributed by atoms with E-state index in [1.54, 1.807) is 12.1 Å². The molecule has 0 heterocycles. The van der Waals surface area contributed by atoms with Crippen LogP contribution in [0.15, 0.2) is 24.3 Å². The van der Waals surface area contributed by atoms with Gasteiger partial charge in [-0.25, -0.2) is 14.3 Å². The van der Waals surface area contributed by atoms with Crippen LogP contribution in [0.25, 0.3) is 0 Å². The van der Waals surface area contributed by atoms with Crippen LogP contribution in [-0.2, 0) is 16.0 Å². The maximum Gasteiger partial charge on any atom is 0.254 e. The molecule has 0 spiro atoms. The highest BCUT2D eigenvalue weighted by molar-refractivity contribution is 5.83. The van der Waals surface area contributed by atoms with E-state index in [0.29, 0.717) is 12.0 Å². The van der Waals surface area contributed by atoms with Crippen LogP contribution in [-0.4, -0.2) is 33.9 Å². The Kier molecular flexibility index (Phi) is 7.92. The Morgan fingerprint density at radius 2 is 2.04 bits per heavy atom. The lowest BCUT2D eigenvalue weighted by Gasteiger charge is -2.22. The topological polar surface area (TPSA) is 113 Å². The molecule has 3 atom stereocenters. The highest BCUT2D eigenvalue weighted by Gasteiger charge is 2.33. The van der Waals surface area contributed by atoms with E-state index in [0.717, 1.165) is 6.92 Å². The number of carbonyl (C=O) groups is 2. The van der Waals surface area contributed by atoms with Crippen LogP contribution in [0, 0.1) is 11.7 Å². The number of rotatable bonds is 10. The van der Waals surface area contributed by atoms with E-state index >= 15 is 0 Å². The number of aryl methyl sites for hydroxylation is 1. The number of hydrogen-bond acceptors (Lipinski definition) is 4. The van der Waals surface area contributed by atoms with Gasteiger partial charge in [-0.3, -0.25) is 14.8 Å². The molecule has 3 unspecified atom stereocenters. The summed E-state index contributed by atoms with van der Waals surface area (Å²) >= 11 is 0. The van der Waals surface area contributed by atoms with Crippen LogP contribution < -0.4 is 11.2 Å². The number of aliphatic hydroxyl groups excluding tert-OH is 1. The zero-order valence-corrected chi connectivity index (χ0v) is 14.0. The van der Waals surface area contributed by atoms with E-state index in [1.807, 2.05) is 0 Å². The summed E-state index contributed by atoms with van der Waals surface area (Å²) in [5, 5.41) is 18.9. The summed E-state index contributed by atoms with van der Waals surface area (Å²) in [6.07, 6.45) is -0.659. The number of hydroxylamine groups is 1.